The van der Waals surface area contributed by atoms with Gasteiger partial charge >= 0.3 is 6.61 Å². The molecule has 3 atom stereocenters. The maximum Gasteiger partial charge on any atom is 0.387 e. The first-order valence-electron chi connectivity index (χ1n) is 13.5. The molecule has 1 aromatic heterocycles. The van der Waals surface area contributed by atoms with Crippen LogP contribution in [0.3, 0.4) is 0 Å². The summed E-state index contributed by atoms with van der Waals surface area (Å²) in [6.07, 6.45) is 3.26. The molecule has 8 nitrogen and oxygen atoms in total. The summed E-state index contributed by atoms with van der Waals surface area (Å²) in [6, 6.07) is 11.6. The van der Waals surface area contributed by atoms with Gasteiger partial charge in [-0.2, -0.15) is 8.78 Å². The van der Waals surface area contributed by atoms with Crippen LogP contribution in [0.4, 0.5) is 8.78 Å². The summed E-state index contributed by atoms with van der Waals surface area (Å²) in [5, 5.41) is 0.658. The van der Waals surface area contributed by atoms with Crippen molar-refractivity contribution in [2.45, 2.75) is 50.8 Å². The van der Waals surface area contributed by atoms with E-state index < -0.39 is 25.1 Å². The molecule has 2 unspecified atom stereocenters. The summed E-state index contributed by atoms with van der Waals surface area (Å²) in [4.78, 5) is 30.9. The van der Waals surface area contributed by atoms with Crippen molar-refractivity contribution < 1.29 is 37.3 Å². The van der Waals surface area contributed by atoms with E-state index in [2.05, 4.69) is 9.72 Å². The number of alkyl halides is 2. The second-order valence-corrected chi connectivity index (χ2v) is 11.3. The molecule has 2 fully saturated rings. The third kappa shape index (κ3) is 6.52. The third-order valence-electron chi connectivity index (χ3n) is 7.40. The summed E-state index contributed by atoms with van der Waals surface area (Å²) >= 11 is 12.8. The number of carbonyl (C=O) groups is 2. The van der Waals surface area contributed by atoms with E-state index in [1.165, 1.54) is 23.4 Å². The smallest absolute Gasteiger partial charge is 0.387 e. The highest BCUT2D eigenvalue weighted by Crippen LogP contribution is 2.40. The van der Waals surface area contributed by atoms with Gasteiger partial charge < -0.3 is 18.9 Å². The first kappa shape index (κ1) is 28.8. The first-order chi connectivity index (χ1) is 20.3. The zero-order valence-corrected chi connectivity index (χ0v) is 23.7. The fourth-order valence-corrected chi connectivity index (χ4v) is 5.41. The predicted octanol–water partition coefficient (Wildman–Crippen LogP) is 6.03. The lowest BCUT2D eigenvalue weighted by molar-refractivity contribution is -0.128. The molecule has 0 radical (unpaired) electrons. The molecule has 2 aromatic carbocycles. The zero-order valence-electron chi connectivity index (χ0n) is 22.2. The highest BCUT2D eigenvalue weighted by Gasteiger charge is 2.46. The van der Waals surface area contributed by atoms with Crippen molar-refractivity contribution >= 4 is 35.0 Å². The summed E-state index contributed by atoms with van der Waals surface area (Å²) in [5.41, 5.74) is 2.33. The minimum absolute atomic E-state index is 0.0249. The van der Waals surface area contributed by atoms with Crippen LogP contribution < -0.4 is 9.47 Å². The summed E-state index contributed by atoms with van der Waals surface area (Å²) < 4.78 is 48.8. The van der Waals surface area contributed by atoms with E-state index in [0.717, 1.165) is 12.8 Å². The Hall–Kier alpha value is -3.31. The molecule has 0 bridgehead atoms. The molecule has 3 aliphatic rings. The maximum absolute atomic E-state index is 13.1. The Kier molecular flexibility index (Phi) is 8.31. The number of hydrogen-bond acceptors (Lipinski definition) is 7. The van der Waals surface area contributed by atoms with Crippen LogP contribution >= 0.6 is 23.2 Å². The van der Waals surface area contributed by atoms with Gasteiger partial charge in [0.05, 0.1) is 35.7 Å². The summed E-state index contributed by atoms with van der Waals surface area (Å²) in [7, 11) is 0. The van der Waals surface area contributed by atoms with Crippen molar-refractivity contribution in [2.24, 2.45) is 5.92 Å². The number of pyridine rings is 1. The van der Waals surface area contributed by atoms with Crippen molar-refractivity contribution in [3.63, 3.8) is 0 Å². The Morgan fingerprint density at radius 1 is 1.05 bits per heavy atom. The van der Waals surface area contributed by atoms with Crippen LogP contribution in [0.5, 0.6) is 11.5 Å². The van der Waals surface area contributed by atoms with E-state index in [4.69, 9.17) is 37.4 Å². The van der Waals surface area contributed by atoms with E-state index in [1.54, 1.807) is 36.4 Å². The van der Waals surface area contributed by atoms with E-state index >= 15 is 0 Å². The Bertz CT molecular complexity index is 1480. The lowest BCUT2D eigenvalue weighted by Gasteiger charge is -2.26. The normalized spacial score (nSPS) is 20.5. The predicted molar refractivity (Wildman–Crippen MR) is 148 cm³/mol. The molecule has 6 rings (SSSR count). The summed E-state index contributed by atoms with van der Waals surface area (Å²) in [5.74, 6) is -0.239. The number of nitrogens with zero attached hydrogens (tertiary/aromatic N) is 2. The second kappa shape index (κ2) is 12.1. The number of ether oxygens (including phenoxy) is 4. The second-order valence-electron chi connectivity index (χ2n) is 10.4. The fourth-order valence-electron chi connectivity index (χ4n) is 4.89. The van der Waals surface area contributed by atoms with Gasteiger partial charge in [0.25, 0.3) is 5.91 Å². The van der Waals surface area contributed by atoms with Crippen molar-refractivity contribution in [3.8, 4) is 11.5 Å². The van der Waals surface area contributed by atoms with Crippen LogP contribution in [0.15, 0.2) is 54.9 Å². The third-order valence-corrected chi connectivity index (χ3v) is 8.05. The standard InChI is InChI=1S/C30H26Cl2F2N2O6/c31-21-12-35-13-22(32)20(21)11-24(18-7-8-23(42-30(33)34)25(9-18)39-15-16-5-6-16)40-29-26(41-29)14-36-27(37)10-17-3-1-2-4-19(17)28(36)38/h1-4,7-9,12-13,16,24,26,29-30H,5-6,10-11,14-15H2/t24-,26?,29?/m0/s1. The molecule has 0 N–H and O–H groups in total. The Labute approximate surface area is 250 Å². The molecule has 1 saturated carbocycles. The molecule has 1 saturated heterocycles. The van der Waals surface area contributed by atoms with Crippen molar-refractivity contribution in [3.05, 3.63) is 87.2 Å². The van der Waals surface area contributed by atoms with Crippen LogP contribution in [0, 0.1) is 5.92 Å². The molecule has 2 aliphatic heterocycles. The average molecular weight is 619 g/mol. The first-order valence-corrected chi connectivity index (χ1v) is 14.3. The van der Waals surface area contributed by atoms with Gasteiger partial charge in [-0.25, -0.2) is 0 Å². The minimum Gasteiger partial charge on any atom is -0.489 e. The van der Waals surface area contributed by atoms with Crippen LogP contribution in [0.2, 0.25) is 10.0 Å². The van der Waals surface area contributed by atoms with Gasteiger partial charge in [0, 0.05) is 24.4 Å². The topological polar surface area (TPSA) is 90.5 Å². The molecule has 3 heterocycles. The number of benzene rings is 2. The van der Waals surface area contributed by atoms with Gasteiger partial charge in [-0.3, -0.25) is 19.5 Å². The van der Waals surface area contributed by atoms with Gasteiger partial charge in [-0.15, -0.1) is 0 Å². The minimum atomic E-state index is -3.02. The van der Waals surface area contributed by atoms with E-state index in [1.807, 2.05) is 0 Å². The molecule has 1 aliphatic carbocycles. The largest absolute Gasteiger partial charge is 0.489 e. The fraction of sp³-hybridized carbons (Fsp3) is 0.367. The molecule has 2 amide bonds. The van der Waals surface area contributed by atoms with Gasteiger partial charge in [0.2, 0.25) is 5.91 Å². The van der Waals surface area contributed by atoms with E-state index in [0.29, 0.717) is 44.8 Å². The van der Waals surface area contributed by atoms with Crippen LogP contribution in [-0.2, 0) is 27.1 Å². The van der Waals surface area contributed by atoms with Gasteiger partial charge in [-0.05, 0) is 53.6 Å². The maximum atomic E-state index is 13.1. The van der Waals surface area contributed by atoms with Crippen molar-refractivity contribution in [2.75, 3.05) is 13.2 Å². The number of epoxide rings is 1. The average Bonchev–Trinajstić information content (AvgIpc) is 3.89. The zero-order chi connectivity index (χ0) is 29.4. The number of imide groups is 1. The van der Waals surface area contributed by atoms with Crippen molar-refractivity contribution in [1.29, 1.82) is 0 Å². The number of fused-ring (bicyclic) bond motifs is 1. The summed E-state index contributed by atoms with van der Waals surface area (Å²) in [6.45, 7) is -2.61. The lowest BCUT2D eigenvalue weighted by Crippen LogP contribution is -2.44. The molecular weight excluding hydrogens is 593 g/mol. The number of carbonyl (C=O) groups excluding carboxylic acids is 2. The quantitative estimate of drug-likeness (QED) is 0.181. The van der Waals surface area contributed by atoms with Gasteiger partial charge in [0.15, 0.2) is 17.8 Å². The van der Waals surface area contributed by atoms with Crippen LogP contribution in [-0.4, -0.2) is 53.9 Å². The molecular formula is C30H26Cl2F2N2O6. The Balaban J connectivity index is 1.22. The van der Waals surface area contributed by atoms with E-state index in [-0.39, 0.29) is 42.7 Å². The van der Waals surface area contributed by atoms with Gasteiger partial charge in [0.1, 0.15) is 6.10 Å². The highest BCUT2D eigenvalue weighted by atomic mass is 35.5. The Morgan fingerprint density at radius 2 is 1.81 bits per heavy atom. The van der Waals surface area contributed by atoms with Gasteiger partial charge in [-0.1, -0.05) is 47.5 Å². The number of aromatic nitrogens is 1. The monoisotopic (exact) mass is 618 g/mol. The molecule has 220 valence electrons. The van der Waals surface area contributed by atoms with E-state index in [9.17, 15) is 18.4 Å². The Morgan fingerprint density at radius 3 is 2.55 bits per heavy atom. The highest BCUT2D eigenvalue weighted by molar-refractivity contribution is 6.35. The van der Waals surface area contributed by atoms with Crippen LogP contribution in [0.25, 0.3) is 0 Å². The number of rotatable bonds is 12. The molecule has 42 heavy (non-hydrogen) atoms. The molecule has 3 aromatic rings. The molecule has 12 heteroatoms. The van der Waals surface area contributed by atoms with Crippen molar-refractivity contribution in [1.82, 2.24) is 9.88 Å². The number of halogens is 4. The molecule has 0 spiro atoms. The number of hydrogen-bond donors (Lipinski definition) is 0. The van der Waals surface area contributed by atoms with Crippen LogP contribution in [0.1, 0.15) is 46.0 Å². The number of amides is 2. The lowest BCUT2D eigenvalue weighted by atomic mass is 9.98. The SMILES string of the molecule is O=C1Cc2ccccc2C(=O)N1CC1OC1O[C@@H](Cc1c(Cl)cncc1Cl)c1ccc(OC(F)F)c(OCC2CC2)c1.